The Morgan fingerprint density at radius 2 is 2.04 bits per heavy atom. The van der Waals surface area contributed by atoms with Crippen LogP contribution < -0.4 is 5.32 Å². The van der Waals surface area contributed by atoms with Crippen molar-refractivity contribution in [2.75, 3.05) is 5.75 Å². The summed E-state index contributed by atoms with van der Waals surface area (Å²) in [4.78, 5) is 14.6. The van der Waals surface area contributed by atoms with Gasteiger partial charge in [-0.1, -0.05) is 42.4 Å². The van der Waals surface area contributed by atoms with Crippen LogP contribution in [0.4, 0.5) is 0 Å². The molecule has 3 rings (SSSR count). The van der Waals surface area contributed by atoms with E-state index in [0.29, 0.717) is 17.3 Å². The third kappa shape index (κ3) is 5.17. The van der Waals surface area contributed by atoms with E-state index >= 15 is 0 Å². The second-order valence-corrected chi connectivity index (χ2v) is 9.35. The Labute approximate surface area is 186 Å². The fraction of sp³-hybridized carbons (Fsp3) is 0.316. The normalized spacial score (nSPS) is 11.0. The summed E-state index contributed by atoms with van der Waals surface area (Å²) in [7, 11) is 0. The number of carbonyl (C=O) groups excluding carboxylic acids is 1. The number of benzene rings is 1. The van der Waals surface area contributed by atoms with Gasteiger partial charge in [0.05, 0.1) is 10.6 Å². The van der Waals surface area contributed by atoms with E-state index in [1.807, 2.05) is 24.3 Å². The predicted octanol–water partition coefficient (Wildman–Crippen LogP) is 5.41. The number of thiophene rings is 1. The Bertz CT molecular complexity index is 956. The fourth-order valence-electron chi connectivity index (χ4n) is 2.60. The fourth-order valence-corrected chi connectivity index (χ4v) is 5.45. The molecule has 1 aromatic carbocycles. The summed E-state index contributed by atoms with van der Waals surface area (Å²) in [6, 6.07) is 9.53. The van der Waals surface area contributed by atoms with Gasteiger partial charge in [0.15, 0.2) is 11.0 Å². The first-order valence-electron chi connectivity index (χ1n) is 8.87. The van der Waals surface area contributed by atoms with Crippen LogP contribution in [-0.2, 0) is 24.3 Å². The third-order valence-electron chi connectivity index (χ3n) is 4.07. The van der Waals surface area contributed by atoms with E-state index in [1.54, 1.807) is 11.3 Å². The SMILES string of the molecule is CCc1sc(-c2nnc(SCC(=O)NCc3ccc(Cl)cc3)n2CC)cc1Br. The highest BCUT2D eigenvalue weighted by Crippen LogP contribution is 2.35. The molecule has 28 heavy (non-hydrogen) atoms. The molecule has 0 aliphatic rings. The average Bonchev–Trinajstić information content (AvgIpc) is 3.28. The lowest BCUT2D eigenvalue weighted by atomic mass is 10.2. The van der Waals surface area contributed by atoms with E-state index < -0.39 is 0 Å². The maximum Gasteiger partial charge on any atom is 0.230 e. The molecule has 148 valence electrons. The van der Waals surface area contributed by atoms with Crippen molar-refractivity contribution in [2.24, 2.45) is 0 Å². The lowest BCUT2D eigenvalue weighted by Crippen LogP contribution is -2.24. The number of aromatic nitrogens is 3. The van der Waals surface area contributed by atoms with Crippen LogP contribution >= 0.6 is 50.6 Å². The van der Waals surface area contributed by atoms with Crippen molar-refractivity contribution in [3.05, 3.63) is 50.3 Å². The number of rotatable bonds is 8. The van der Waals surface area contributed by atoms with Crippen LogP contribution in [0.15, 0.2) is 40.0 Å². The van der Waals surface area contributed by atoms with Gasteiger partial charge in [0.1, 0.15) is 0 Å². The van der Waals surface area contributed by atoms with Crippen molar-refractivity contribution in [1.82, 2.24) is 20.1 Å². The average molecular weight is 500 g/mol. The highest BCUT2D eigenvalue weighted by atomic mass is 79.9. The lowest BCUT2D eigenvalue weighted by Gasteiger charge is -2.07. The Hall–Kier alpha value is -1.35. The molecule has 0 unspecified atom stereocenters. The van der Waals surface area contributed by atoms with Crippen LogP contribution in [0.2, 0.25) is 5.02 Å². The van der Waals surface area contributed by atoms with Gasteiger partial charge in [0.25, 0.3) is 0 Å². The lowest BCUT2D eigenvalue weighted by molar-refractivity contribution is -0.118. The van der Waals surface area contributed by atoms with Crippen molar-refractivity contribution in [3.63, 3.8) is 0 Å². The molecular weight excluding hydrogens is 480 g/mol. The van der Waals surface area contributed by atoms with Crippen LogP contribution in [0.25, 0.3) is 10.7 Å². The zero-order valence-corrected chi connectivity index (χ0v) is 19.5. The summed E-state index contributed by atoms with van der Waals surface area (Å²) in [5, 5.41) is 13.0. The highest BCUT2D eigenvalue weighted by molar-refractivity contribution is 9.10. The Kier molecular flexibility index (Phi) is 7.56. The summed E-state index contributed by atoms with van der Waals surface area (Å²) >= 11 is 12.6. The minimum atomic E-state index is -0.0423. The molecule has 0 radical (unpaired) electrons. The molecule has 3 aromatic rings. The molecule has 0 bridgehead atoms. The summed E-state index contributed by atoms with van der Waals surface area (Å²) in [6.45, 7) is 5.41. The van der Waals surface area contributed by atoms with Gasteiger partial charge in [0, 0.05) is 27.5 Å². The first-order chi connectivity index (χ1) is 13.5. The van der Waals surface area contributed by atoms with Gasteiger partial charge in [-0.05, 0) is 53.0 Å². The highest BCUT2D eigenvalue weighted by Gasteiger charge is 2.17. The number of halogens is 2. The summed E-state index contributed by atoms with van der Waals surface area (Å²) in [5.74, 6) is 1.09. The summed E-state index contributed by atoms with van der Waals surface area (Å²) < 4.78 is 3.16. The quantitative estimate of drug-likeness (QED) is 0.421. The number of amides is 1. The monoisotopic (exact) mass is 498 g/mol. The molecule has 0 spiro atoms. The van der Waals surface area contributed by atoms with Crippen molar-refractivity contribution in [1.29, 1.82) is 0 Å². The largest absolute Gasteiger partial charge is 0.351 e. The van der Waals surface area contributed by atoms with E-state index in [9.17, 15) is 4.79 Å². The van der Waals surface area contributed by atoms with E-state index in [-0.39, 0.29) is 5.91 Å². The molecule has 0 saturated heterocycles. The van der Waals surface area contributed by atoms with Gasteiger partial charge >= 0.3 is 0 Å². The minimum Gasteiger partial charge on any atom is -0.351 e. The Morgan fingerprint density at radius 1 is 1.29 bits per heavy atom. The number of nitrogens with one attached hydrogen (secondary N) is 1. The van der Waals surface area contributed by atoms with Crippen molar-refractivity contribution in [2.45, 2.75) is 38.5 Å². The summed E-state index contributed by atoms with van der Waals surface area (Å²) in [6.07, 6.45) is 0.973. The van der Waals surface area contributed by atoms with E-state index in [4.69, 9.17) is 11.6 Å². The second kappa shape index (κ2) is 9.91. The molecule has 5 nitrogen and oxygen atoms in total. The number of aryl methyl sites for hydroxylation is 1. The summed E-state index contributed by atoms with van der Waals surface area (Å²) in [5.41, 5.74) is 1.01. The molecule has 2 aromatic heterocycles. The maximum absolute atomic E-state index is 12.2. The van der Waals surface area contributed by atoms with Gasteiger partial charge in [-0.15, -0.1) is 21.5 Å². The van der Waals surface area contributed by atoms with E-state index in [1.165, 1.54) is 16.6 Å². The van der Waals surface area contributed by atoms with Gasteiger partial charge < -0.3 is 9.88 Å². The van der Waals surface area contributed by atoms with E-state index in [0.717, 1.165) is 38.9 Å². The molecule has 2 heterocycles. The number of thioether (sulfide) groups is 1. The molecular formula is C19H20BrClN4OS2. The number of hydrogen-bond donors (Lipinski definition) is 1. The first-order valence-corrected chi connectivity index (χ1v) is 11.8. The van der Waals surface area contributed by atoms with Crippen molar-refractivity contribution >= 4 is 56.5 Å². The molecule has 0 aliphatic carbocycles. The zero-order chi connectivity index (χ0) is 20.1. The maximum atomic E-state index is 12.2. The smallest absolute Gasteiger partial charge is 0.230 e. The molecule has 1 N–H and O–H groups in total. The molecule has 1 amide bonds. The topological polar surface area (TPSA) is 59.8 Å². The number of hydrogen-bond acceptors (Lipinski definition) is 5. The predicted molar refractivity (Wildman–Crippen MR) is 120 cm³/mol. The second-order valence-electron chi connectivity index (χ2n) is 5.98. The van der Waals surface area contributed by atoms with Gasteiger partial charge in [0.2, 0.25) is 5.91 Å². The molecule has 0 fully saturated rings. The van der Waals surface area contributed by atoms with Gasteiger partial charge in [-0.2, -0.15) is 0 Å². The van der Waals surface area contributed by atoms with Crippen LogP contribution in [0.1, 0.15) is 24.3 Å². The molecule has 9 heteroatoms. The Morgan fingerprint density at radius 3 is 2.68 bits per heavy atom. The van der Waals surface area contributed by atoms with E-state index in [2.05, 4.69) is 55.9 Å². The minimum absolute atomic E-state index is 0.0423. The zero-order valence-electron chi connectivity index (χ0n) is 15.5. The number of carbonyl (C=O) groups is 1. The molecule has 0 aliphatic heterocycles. The Balaban J connectivity index is 1.61. The van der Waals surface area contributed by atoms with Crippen LogP contribution in [0, 0.1) is 0 Å². The molecule has 0 atom stereocenters. The standard InChI is InChI=1S/C19H20BrClN4OS2/c1-3-15-14(20)9-16(28-15)18-23-24-19(25(18)4-2)27-11-17(26)22-10-12-5-7-13(21)8-6-12/h5-9H,3-4,10-11H2,1-2H3,(H,22,26). The van der Waals surface area contributed by atoms with Gasteiger partial charge in [-0.25, -0.2) is 0 Å². The van der Waals surface area contributed by atoms with Gasteiger partial charge in [-0.3, -0.25) is 4.79 Å². The number of nitrogens with zero attached hydrogens (tertiary/aromatic N) is 3. The van der Waals surface area contributed by atoms with Crippen molar-refractivity contribution < 1.29 is 4.79 Å². The third-order valence-corrected chi connectivity index (χ3v) is 7.53. The van der Waals surface area contributed by atoms with Crippen LogP contribution in [-0.4, -0.2) is 26.4 Å². The van der Waals surface area contributed by atoms with Crippen LogP contribution in [0.3, 0.4) is 0 Å². The first kappa shape index (κ1) is 21.4. The van der Waals surface area contributed by atoms with Crippen molar-refractivity contribution in [3.8, 4) is 10.7 Å². The molecule has 0 saturated carbocycles. The van der Waals surface area contributed by atoms with Crippen LogP contribution in [0.5, 0.6) is 0 Å².